The van der Waals surface area contributed by atoms with Crippen LogP contribution >= 0.6 is 0 Å². The van der Waals surface area contributed by atoms with Crippen LogP contribution in [0.2, 0.25) is 0 Å². The van der Waals surface area contributed by atoms with Crippen molar-refractivity contribution in [3.63, 3.8) is 0 Å². The van der Waals surface area contributed by atoms with Crippen molar-refractivity contribution in [1.29, 1.82) is 0 Å². The number of likely N-dealkylation sites (N-methyl/N-ethyl adjacent to an activating group) is 1. The Balaban J connectivity index is 3.50. The fourth-order valence-corrected chi connectivity index (χ4v) is 0.837. The molecule has 0 aliphatic heterocycles. The Labute approximate surface area is 74.3 Å². The zero-order chi connectivity index (χ0) is 9.40. The molecule has 3 heteroatoms. The monoisotopic (exact) mass is 173 g/mol. The first-order valence-corrected chi connectivity index (χ1v) is 4.34. The summed E-state index contributed by atoms with van der Waals surface area (Å²) in [5, 5.41) is 17.8. The highest BCUT2D eigenvalue weighted by atomic mass is 16.3. The second-order valence-electron chi connectivity index (χ2n) is 2.86. The molecule has 0 amide bonds. The fourth-order valence-electron chi connectivity index (χ4n) is 0.837. The van der Waals surface area contributed by atoms with E-state index in [4.69, 9.17) is 5.11 Å². The number of hydrogen-bond acceptors (Lipinski definition) is 3. The van der Waals surface area contributed by atoms with Gasteiger partial charge in [0.2, 0.25) is 0 Å². The van der Waals surface area contributed by atoms with Crippen LogP contribution in [-0.4, -0.2) is 48.0 Å². The van der Waals surface area contributed by atoms with E-state index in [1.165, 1.54) is 0 Å². The van der Waals surface area contributed by atoms with E-state index < -0.39 is 6.10 Å². The van der Waals surface area contributed by atoms with Crippen molar-refractivity contribution < 1.29 is 10.2 Å². The normalized spacial score (nSPS) is 14.4. The van der Waals surface area contributed by atoms with Crippen LogP contribution in [0.4, 0.5) is 0 Å². The van der Waals surface area contributed by atoms with Gasteiger partial charge in [0.1, 0.15) is 0 Å². The molecule has 0 rings (SSSR count). The molecule has 0 aromatic heterocycles. The van der Waals surface area contributed by atoms with Crippen molar-refractivity contribution in [2.24, 2.45) is 0 Å². The van der Waals surface area contributed by atoms with Gasteiger partial charge in [0, 0.05) is 13.2 Å². The van der Waals surface area contributed by atoms with Crippen molar-refractivity contribution in [1.82, 2.24) is 4.90 Å². The Morgan fingerprint density at radius 1 is 1.50 bits per heavy atom. The summed E-state index contributed by atoms with van der Waals surface area (Å²) in [4.78, 5) is 2.04. The summed E-state index contributed by atoms with van der Waals surface area (Å²) >= 11 is 0. The second-order valence-corrected chi connectivity index (χ2v) is 2.86. The molecule has 0 saturated carbocycles. The summed E-state index contributed by atoms with van der Waals surface area (Å²) in [5.41, 5.74) is 0. The molecule has 12 heavy (non-hydrogen) atoms. The third-order valence-electron chi connectivity index (χ3n) is 1.69. The first-order chi connectivity index (χ1) is 5.70. The van der Waals surface area contributed by atoms with E-state index in [1.807, 2.05) is 18.9 Å². The minimum Gasteiger partial charge on any atom is -0.396 e. The van der Waals surface area contributed by atoms with Gasteiger partial charge < -0.3 is 15.1 Å². The maximum atomic E-state index is 9.37. The van der Waals surface area contributed by atoms with E-state index in [9.17, 15) is 5.11 Å². The quantitative estimate of drug-likeness (QED) is 0.565. The van der Waals surface area contributed by atoms with Gasteiger partial charge in [-0.3, -0.25) is 0 Å². The lowest BCUT2D eigenvalue weighted by atomic mass is 10.3. The van der Waals surface area contributed by atoms with Gasteiger partial charge >= 0.3 is 0 Å². The molecule has 72 valence electrons. The molecule has 0 spiro atoms. The predicted octanol–water partition coefficient (Wildman–Crippen LogP) is 0.238. The molecule has 1 atom stereocenters. The summed E-state index contributed by atoms with van der Waals surface area (Å²) in [6.45, 7) is 3.78. The summed E-state index contributed by atoms with van der Waals surface area (Å²) in [6.07, 6.45) is 3.73. The van der Waals surface area contributed by atoms with Gasteiger partial charge in [-0.2, -0.15) is 0 Å². The van der Waals surface area contributed by atoms with Crippen LogP contribution in [-0.2, 0) is 0 Å². The van der Waals surface area contributed by atoms with E-state index >= 15 is 0 Å². The SMILES string of the molecule is CCN(C)CC(O)/C=C/CCO. The van der Waals surface area contributed by atoms with Crippen molar-refractivity contribution >= 4 is 0 Å². The molecule has 3 nitrogen and oxygen atoms in total. The van der Waals surface area contributed by atoms with Crippen molar-refractivity contribution in [3.05, 3.63) is 12.2 Å². The highest BCUT2D eigenvalue weighted by Gasteiger charge is 2.01. The Kier molecular flexibility index (Phi) is 7.05. The number of rotatable bonds is 6. The molecule has 0 heterocycles. The standard InChI is InChI=1S/C9H19NO2/c1-3-10(2)8-9(12)6-4-5-7-11/h4,6,9,11-12H,3,5,7-8H2,1-2H3/b6-4+. The molecule has 1 unspecified atom stereocenters. The molecule has 0 bridgehead atoms. The first kappa shape index (κ1) is 11.6. The van der Waals surface area contributed by atoms with Crippen LogP contribution in [0.3, 0.4) is 0 Å². The van der Waals surface area contributed by atoms with Crippen LogP contribution in [0.25, 0.3) is 0 Å². The van der Waals surface area contributed by atoms with Gasteiger partial charge in [0.05, 0.1) is 6.10 Å². The molecule has 0 aromatic carbocycles. The van der Waals surface area contributed by atoms with Crippen LogP contribution in [0.1, 0.15) is 13.3 Å². The van der Waals surface area contributed by atoms with Crippen molar-refractivity contribution in [2.75, 3.05) is 26.7 Å². The molecule has 0 radical (unpaired) electrons. The van der Waals surface area contributed by atoms with Crippen LogP contribution < -0.4 is 0 Å². The minimum absolute atomic E-state index is 0.146. The van der Waals surface area contributed by atoms with E-state index in [2.05, 4.69) is 0 Å². The molecule has 0 aliphatic rings. The van der Waals surface area contributed by atoms with Gasteiger partial charge in [-0.05, 0) is 20.0 Å². The summed E-state index contributed by atoms with van der Waals surface area (Å²) in [6, 6.07) is 0. The average molecular weight is 173 g/mol. The van der Waals surface area contributed by atoms with E-state index in [0.29, 0.717) is 13.0 Å². The highest BCUT2D eigenvalue weighted by molar-refractivity contribution is 4.89. The van der Waals surface area contributed by atoms with Crippen LogP contribution in [0.5, 0.6) is 0 Å². The maximum Gasteiger partial charge on any atom is 0.0847 e. The van der Waals surface area contributed by atoms with Gasteiger partial charge in [0.25, 0.3) is 0 Å². The third-order valence-corrected chi connectivity index (χ3v) is 1.69. The molecule has 0 aliphatic carbocycles. The number of aliphatic hydroxyl groups is 2. The van der Waals surface area contributed by atoms with Crippen LogP contribution in [0, 0.1) is 0 Å². The van der Waals surface area contributed by atoms with Gasteiger partial charge in [0.15, 0.2) is 0 Å². The first-order valence-electron chi connectivity index (χ1n) is 4.34. The molecule has 2 N–H and O–H groups in total. The molecule has 0 saturated heterocycles. The number of aliphatic hydroxyl groups excluding tert-OH is 2. The van der Waals surface area contributed by atoms with Gasteiger partial charge in [-0.1, -0.05) is 19.1 Å². The maximum absolute atomic E-state index is 9.37. The number of hydrogen-bond donors (Lipinski definition) is 2. The summed E-state index contributed by atoms with van der Waals surface area (Å²) < 4.78 is 0. The summed E-state index contributed by atoms with van der Waals surface area (Å²) in [5.74, 6) is 0. The topological polar surface area (TPSA) is 43.7 Å². The lowest BCUT2D eigenvalue weighted by Gasteiger charge is -2.15. The molecule has 0 aromatic rings. The summed E-state index contributed by atoms with van der Waals surface area (Å²) in [7, 11) is 1.96. The number of nitrogens with zero attached hydrogens (tertiary/aromatic N) is 1. The largest absolute Gasteiger partial charge is 0.396 e. The zero-order valence-corrected chi connectivity index (χ0v) is 7.90. The predicted molar refractivity (Wildman–Crippen MR) is 50.0 cm³/mol. The van der Waals surface area contributed by atoms with Crippen molar-refractivity contribution in [2.45, 2.75) is 19.4 Å². The Hall–Kier alpha value is -0.380. The minimum atomic E-state index is -0.415. The molecule has 0 fully saturated rings. The Bertz CT molecular complexity index is 126. The smallest absolute Gasteiger partial charge is 0.0847 e. The van der Waals surface area contributed by atoms with E-state index in [0.717, 1.165) is 6.54 Å². The van der Waals surface area contributed by atoms with E-state index in [-0.39, 0.29) is 6.61 Å². The zero-order valence-electron chi connectivity index (χ0n) is 7.90. The van der Waals surface area contributed by atoms with Gasteiger partial charge in [-0.15, -0.1) is 0 Å². The second kappa shape index (κ2) is 7.28. The highest BCUT2D eigenvalue weighted by Crippen LogP contribution is 1.92. The van der Waals surface area contributed by atoms with E-state index in [1.54, 1.807) is 12.2 Å². The van der Waals surface area contributed by atoms with Gasteiger partial charge in [-0.25, -0.2) is 0 Å². The Morgan fingerprint density at radius 3 is 2.67 bits per heavy atom. The third kappa shape index (κ3) is 6.34. The molecular weight excluding hydrogens is 154 g/mol. The Morgan fingerprint density at radius 2 is 2.17 bits per heavy atom. The average Bonchev–Trinajstić information content (AvgIpc) is 2.05. The molecular formula is C9H19NO2. The van der Waals surface area contributed by atoms with Crippen LogP contribution in [0.15, 0.2) is 12.2 Å². The lowest BCUT2D eigenvalue weighted by Crippen LogP contribution is -2.27. The lowest BCUT2D eigenvalue weighted by molar-refractivity contribution is 0.167. The van der Waals surface area contributed by atoms with Crippen molar-refractivity contribution in [3.8, 4) is 0 Å². The fraction of sp³-hybridized carbons (Fsp3) is 0.778.